The van der Waals surface area contributed by atoms with E-state index in [1.54, 1.807) is 4.90 Å². The average Bonchev–Trinajstić information content (AvgIpc) is 2.88. The van der Waals surface area contributed by atoms with E-state index >= 15 is 0 Å². The van der Waals surface area contributed by atoms with Crippen molar-refractivity contribution in [2.45, 2.75) is 32.6 Å². The van der Waals surface area contributed by atoms with Crippen LogP contribution in [-0.4, -0.2) is 48.1 Å². The van der Waals surface area contributed by atoms with E-state index in [0.717, 1.165) is 32.4 Å². The molecular formula is C13H22N2O3. The van der Waals surface area contributed by atoms with Crippen molar-refractivity contribution in [2.24, 2.45) is 11.3 Å². The van der Waals surface area contributed by atoms with Gasteiger partial charge in [0, 0.05) is 13.1 Å². The lowest BCUT2D eigenvalue weighted by molar-refractivity contribution is -0.144. The van der Waals surface area contributed by atoms with Crippen LogP contribution in [0.25, 0.3) is 0 Å². The SMILES string of the molecule is CCC1(C(=O)N2CCC(C(=O)O)C2)CCNCC1. The maximum absolute atomic E-state index is 12.6. The Balaban J connectivity index is 2.04. The van der Waals surface area contributed by atoms with Crippen molar-refractivity contribution in [3.8, 4) is 0 Å². The molecule has 0 aromatic heterocycles. The van der Waals surface area contributed by atoms with Gasteiger partial charge in [0.25, 0.3) is 0 Å². The van der Waals surface area contributed by atoms with Crippen LogP contribution >= 0.6 is 0 Å². The zero-order valence-electron chi connectivity index (χ0n) is 10.9. The molecule has 5 heteroatoms. The maximum atomic E-state index is 12.6. The first-order chi connectivity index (χ1) is 8.59. The van der Waals surface area contributed by atoms with Crippen LogP contribution in [0.4, 0.5) is 0 Å². The molecule has 2 heterocycles. The van der Waals surface area contributed by atoms with Crippen LogP contribution in [0.1, 0.15) is 32.6 Å². The number of carboxylic acid groups (broad SMARTS) is 1. The van der Waals surface area contributed by atoms with Crippen molar-refractivity contribution in [1.29, 1.82) is 0 Å². The largest absolute Gasteiger partial charge is 0.481 e. The lowest BCUT2D eigenvalue weighted by atomic mass is 9.75. The molecule has 0 bridgehead atoms. The Hall–Kier alpha value is -1.10. The molecule has 0 aromatic carbocycles. The Morgan fingerprint density at radius 1 is 1.39 bits per heavy atom. The van der Waals surface area contributed by atoms with Crippen LogP contribution in [0.3, 0.4) is 0 Å². The minimum Gasteiger partial charge on any atom is -0.481 e. The summed E-state index contributed by atoms with van der Waals surface area (Å²) < 4.78 is 0. The molecule has 0 radical (unpaired) electrons. The Morgan fingerprint density at radius 2 is 2.06 bits per heavy atom. The van der Waals surface area contributed by atoms with Crippen molar-refractivity contribution < 1.29 is 14.7 Å². The molecule has 5 nitrogen and oxygen atoms in total. The average molecular weight is 254 g/mol. The van der Waals surface area contributed by atoms with Crippen molar-refractivity contribution in [3.05, 3.63) is 0 Å². The van der Waals surface area contributed by atoms with Crippen LogP contribution < -0.4 is 5.32 Å². The zero-order valence-corrected chi connectivity index (χ0v) is 10.9. The predicted octanol–water partition coefficient (Wildman–Crippen LogP) is 0.699. The summed E-state index contributed by atoms with van der Waals surface area (Å²) in [5.74, 6) is -0.971. The second-order valence-corrected chi connectivity index (χ2v) is 5.46. The number of carboxylic acids is 1. The van der Waals surface area contributed by atoms with Gasteiger partial charge in [-0.05, 0) is 38.8 Å². The predicted molar refractivity (Wildman–Crippen MR) is 67.2 cm³/mol. The highest BCUT2D eigenvalue weighted by Gasteiger charge is 2.43. The third-order valence-corrected chi connectivity index (χ3v) is 4.52. The Morgan fingerprint density at radius 3 is 2.56 bits per heavy atom. The van der Waals surface area contributed by atoms with Gasteiger partial charge in [-0.2, -0.15) is 0 Å². The third kappa shape index (κ3) is 2.36. The molecule has 2 fully saturated rings. The number of carbonyl (C=O) groups is 2. The number of likely N-dealkylation sites (tertiary alicyclic amines) is 1. The molecule has 1 unspecified atom stereocenters. The molecule has 0 aliphatic carbocycles. The van der Waals surface area contributed by atoms with Gasteiger partial charge >= 0.3 is 5.97 Å². The normalized spacial score (nSPS) is 27.2. The van der Waals surface area contributed by atoms with Gasteiger partial charge in [-0.3, -0.25) is 9.59 Å². The lowest BCUT2D eigenvalue weighted by Gasteiger charge is -2.38. The molecule has 1 atom stereocenters. The van der Waals surface area contributed by atoms with Gasteiger partial charge in [-0.15, -0.1) is 0 Å². The van der Waals surface area contributed by atoms with E-state index in [0.29, 0.717) is 19.5 Å². The molecule has 0 spiro atoms. The first kappa shape index (κ1) is 13.3. The summed E-state index contributed by atoms with van der Waals surface area (Å²) in [6, 6.07) is 0. The fraction of sp³-hybridized carbons (Fsp3) is 0.846. The van der Waals surface area contributed by atoms with Crippen LogP contribution in [-0.2, 0) is 9.59 Å². The van der Waals surface area contributed by atoms with E-state index in [1.165, 1.54) is 0 Å². The van der Waals surface area contributed by atoms with Gasteiger partial charge in [0.05, 0.1) is 11.3 Å². The summed E-state index contributed by atoms with van der Waals surface area (Å²) in [6.45, 7) is 4.83. The molecule has 0 aromatic rings. The molecule has 2 aliphatic heterocycles. The number of aliphatic carboxylic acids is 1. The fourth-order valence-corrected chi connectivity index (χ4v) is 3.11. The first-order valence-corrected chi connectivity index (χ1v) is 6.82. The summed E-state index contributed by atoms with van der Waals surface area (Å²) in [6.07, 6.45) is 3.19. The summed E-state index contributed by atoms with van der Waals surface area (Å²) >= 11 is 0. The number of amides is 1. The van der Waals surface area contributed by atoms with Crippen molar-refractivity contribution >= 4 is 11.9 Å². The summed E-state index contributed by atoms with van der Waals surface area (Å²) in [7, 11) is 0. The lowest BCUT2D eigenvalue weighted by Crippen LogP contribution is -2.48. The maximum Gasteiger partial charge on any atom is 0.308 e. The second-order valence-electron chi connectivity index (χ2n) is 5.46. The molecule has 102 valence electrons. The number of nitrogens with one attached hydrogen (secondary N) is 1. The van der Waals surface area contributed by atoms with E-state index in [4.69, 9.17) is 5.11 Å². The van der Waals surface area contributed by atoms with Crippen LogP contribution in [0.15, 0.2) is 0 Å². The smallest absolute Gasteiger partial charge is 0.308 e. The molecule has 2 rings (SSSR count). The van der Waals surface area contributed by atoms with E-state index in [-0.39, 0.29) is 17.2 Å². The number of nitrogens with zero attached hydrogens (tertiary/aromatic N) is 1. The third-order valence-electron chi connectivity index (χ3n) is 4.52. The van der Waals surface area contributed by atoms with E-state index in [2.05, 4.69) is 12.2 Å². The zero-order chi connectivity index (χ0) is 13.2. The minimum atomic E-state index is -0.777. The molecule has 2 aliphatic rings. The Bertz CT molecular complexity index is 337. The Labute approximate surface area is 108 Å². The standard InChI is InChI=1S/C13H22N2O3/c1-2-13(4-6-14-7-5-13)12(18)15-8-3-10(9-15)11(16)17/h10,14H,2-9H2,1H3,(H,16,17). The van der Waals surface area contributed by atoms with Crippen molar-refractivity contribution in [1.82, 2.24) is 10.2 Å². The number of carbonyl (C=O) groups excluding carboxylic acids is 1. The van der Waals surface area contributed by atoms with Crippen LogP contribution in [0.5, 0.6) is 0 Å². The quantitative estimate of drug-likeness (QED) is 0.778. The summed E-state index contributed by atoms with van der Waals surface area (Å²) in [4.78, 5) is 25.3. The van der Waals surface area contributed by atoms with E-state index in [9.17, 15) is 9.59 Å². The molecule has 2 saturated heterocycles. The van der Waals surface area contributed by atoms with Gasteiger partial charge in [0.1, 0.15) is 0 Å². The monoisotopic (exact) mass is 254 g/mol. The van der Waals surface area contributed by atoms with Gasteiger partial charge in [0.2, 0.25) is 5.91 Å². The van der Waals surface area contributed by atoms with Crippen LogP contribution in [0, 0.1) is 11.3 Å². The number of piperidine rings is 1. The number of hydrogen-bond donors (Lipinski definition) is 2. The molecule has 0 saturated carbocycles. The molecular weight excluding hydrogens is 232 g/mol. The van der Waals surface area contributed by atoms with Gasteiger partial charge < -0.3 is 15.3 Å². The highest BCUT2D eigenvalue weighted by Crippen LogP contribution is 2.36. The topological polar surface area (TPSA) is 69.6 Å². The number of hydrogen-bond acceptors (Lipinski definition) is 3. The van der Waals surface area contributed by atoms with E-state index < -0.39 is 5.97 Å². The van der Waals surface area contributed by atoms with E-state index in [1.807, 2.05) is 0 Å². The summed E-state index contributed by atoms with van der Waals surface area (Å²) in [5.41, 5.74) is -0.251. The highest BCUT2D eigenvalue weighted by molar-refractivity contribution is 5.84. The molecule has 18 heavy (non-hydrogen) atoms. The first-order valence-electron chi connectivity index (χ1n) is 6.82. The van der Waals surface area contributed by atoms with Gasteiger partial charge in [-0.25, -0.2) is 0 Å². The summed E-state index contributed by atoms with van der Waals surface area (Å²) in [5, 5.41) is 12.3. The van der Waals surface area contributed by atoms with Crippen molar-refractivity contribution in [3.63, 3.8) is 0 Å². The molecule has 1 amide bonds. The fourth-order valence-electron chi connectivity index (χ4n) is 3.11. The van der Waals surface area contributed by atoms with Crippen molar-refractivity contribution in [2.75, 3.05) is 26.2 Å². The molecule has 2 N–H and O–H groups in total. The van der Waals surface area contributed by atoms with Gasteiger partial charge in [0.15, 0.2) is 0 Å². The second kappa shape index (κ2) is 5.26. The number of rotatable bonds is 3. The highest BCUT2D eigenvalue weighted by atomic mass is 16.4. The Kier molecular flexibility index (Phi) is 3.90. The minimum absolute atomic E-state index is 0.176. The van der Waals surface area contributed by atoms with Gasteiger partial charge in [-0.1, -0.05) is 6.92 Å². The van der Waals surface area contributed by atoms with Crippen LogP contribution in [0.2, 0.25) is 0 Å².